The van der Waals surface area contributed by atoms with Crippen molar-refractivity contribution in [3.05, 3.63) is 29.8 Å². The van der Waals surface area contributed by atoms with Gasteiger partial charge >= 0.3 is 12.1 Å². The molecule has 0 atom stereocenters. The van der Waals surface area contributed by atoms with Gasteiger partial charge in [0, 0.05) is 12.8 Å². The highest BCUT2D eigenvalue weighted by Crippen LogP contribution is 2.19. The third-order valence-electron chi connectivity index (χ3n) is 2.14. The van der Waals surface area contributed by atoms with Crippen LogP contribution in [0.15, 0.2) is 24.3 Å². The van der Waals surface area contributed by atoms with Crippen LogP contribution in [0.25, 0.3) is 0 Å². The molecule has 19 heavy (non-hydrogen) atoms. The van der Waals surface area contributed by atoms with Gasteiger partial charge in [-0.25, -0.2) is 0 Å². The molecule has 1 rings (SSSR count). The molecule has 106 valence electrons. The molecule has 0 aromatic heterocycles. The molecule has 7 heteroatoms. The fourth-order valence-corrected chi connectivity index (χ4v) is 1.27. The van der Waals surface area contributed by atoms with E-state index in [0.717, 1.165) is 0 Å². The van der Waals surface area contributed by atoms with Gasteiger partial charge in [-0.1, -0.05) is 12.1 Å². The lowest BCUT2D eigenvalue weighted by atomic mass is 10.2. The van der Waals surface area contributed by atoms with Crippen molar-refractivity contribution in [3.8, 4) is 0 Å². The van der Waals surface area contributed by atoms with Crippen molar-refractivity contribution in [2.24, 2.45) is 0 Å². The highest BCUT2D eigenvalue weighted by Gasteiger charge is 2.38. The van der Waals surface area contributed by atoms with Crippen molar-refractivity contribution < 1.29 is 27.4 Å². The number of nitrogens with one attached hydrogen (secondary N) is 1. The molecule has 0 aliphatic carbocycles. The van der Waals surface area contributed by atoms with E-state index in [4.69, 9.17) is 9.47 Å². The molecular formula is C12H14F3NO3. The zero-order valence-electron chi connectivity index (χ0n) is 10.3. The lowest BCUT2D eigenvalue weighted by molar-refractivity contribution is -0.167. The van der Waals surface area contributed by atoms with E-state index >= 15 is 0 Å². The van der Waals surface area contributed by atoms with Crippen LogP contribution in [0.3, 0.4) is 0 Å². The van der Waals surface area contributed by atoms with E-state index in [1.165, 1.54) is 19.2 Å². The average molecular weight is 277 g/mol. The molecule has 1 N–H and O–H groups in total. The maximum Gasteiger partial charge on any atom is 0.471 e. The lowest BCUT2D eigenvalue weighted by Crippen LogP contribution is -2.29. The number of rotatable bonds is 6. The SMILES string of the molecule is COCCOCc1cccc(NC(=O)C(F)(F)F)c1. The molecule has 4 nitrogen and oxygen atoms in total. The summed E-state index contributed by atoms with van der Waals surface area (Å²) in [5, 5.41) is 1.78. The van der Waals surface area contributed by atoms with Crippen molar-refractivity contribution in [2.45, 2.75) is 12.8 Å². The Labute approximate surface area is 108 Å². The fourth-order valence-electron chi connectivity index (χ4n) is 1.27. The highest BCUT2D eigenvalue weighted by molar-refractivity contribution is 5.94. The van der Waals surface area contributed by atoms with Gasteiger partial charge in [0.2, 0.25) is 0 Å². The maximum absolute atomic E-state index is 12.1. The van der Waals surface area contributed by atoms with Gasteiger partial charge in [-0.3, -0.25) is 4.79 Å². The molecule has 0 radical (unpaired) electrons. The average Bonchev–Trinajstić information content (AvgIpc) is 2.34. The first-order valence-corrected chi connectivity index (χ1v) is 5.47. The van der Waals surface area contributed by atoms with Crippen LogP contribution in [0.1, 0.15) is 5.56 Å². The molecule has 0 aliphatic heterocycles. The molecule has 1 aromatic rings. The Hall–Kier alpha value is -1.60. The second-order valence-electron chi connectivity index (χ2n) is 3.70. The van der Waals surface area contributed by atoms with Crippen LogP contribution in [0.4, 0.5) is 18.9 Å². The number of benzene rings is 1. The minimum absolute atomic E-state index is 0.0789. The fraction of sp³-hybridized carbons (Fsp3) is 0.417. The van der Waals surface area contributed by atoms with Gasteiger partial charge in [-0.15, -0.1) is 0 Å². The van der Waals surface area contributed by atoms with Gasteiger partial charge in [-0.05, 0) is 17.7 Å². The minimum atomic E-state index is -4.90. The van der Waals surface area contributed by atoms with Crippen molar-refractivity contribution in [1.29, 1.82) is 0 Å². The van der Waals surface area contributed by atoms with Crippen molar-refractivity contribution >= 4 is 11.6 Å². The number of hydrogen-bond donors (Lipinski definition) is 1. The van der Waals surface area contributed by atoms with Crippen LogP contribution >= 0.6 is 0 Å². The smallest absolute Gasteiger partial charge is 0.382 e. The largest absolute Gasteiger partial charge is 0.471 e. The third kappa shape index (κ3) is 5.71. The molecule has 0 spiro atoms. The first kappa shape index (κ1) is 15.5. The molecule has 0 aliphatic rings. The number of carbonyl (C=O) groups is 1. The number of anilines is 1. The number of amides is 1. The van der Waals surface area contributed by atoms with E-state index in [0.29, 0.717) is 18.8 Å². The minimum Gasteiger partial charge on any atom is -0.382 e. The maximum atomic E-state index is 12.1. The van der Waals surface area contributed by atoms with E-state index in [-0.39, 0.29) is 12.3 Å². The summed E-state index contributed by atoms with van der Waals surface area (Å²) in [7, 11) is 1.54. The summed E-state index contributed by atoms with van der Waals surface area (Å²) in [4.78, 5) is 10.8. The molecule has 0 saturated heterocycles. The molecular weight excluding hydrogens is 263 g/mol. The number of ether oxygens (including phenoxy) is 2. The molecule has 0 heterocycles. The van der Waals surface area contributed by atoms with Gasteiger partial charge in [0.25, 0.3) is 0 Å². The number of halogens is 3. The summed E-state index contributed by atoms with van der Waals surface area (Å²) in [6, 6.07) is 6.04. The molecule has 1 aromatic carbocycles. The molecule has 0 saturated carbocycles. The van der Waals surface area contributed by atoms with Gasteiger partial charge in [-0.2, -0.15) is 13.2 Å². The second-order valence-corrected chi connectivity index (χ2v) is 3.70. The quantitative estimate of drug-likeness (QED) is 0.812. The van der Waals surface area contributed by atoms with Gasteiger partial charge in [0.15, 0.2) is 0 Å². The monoisotopic (exact) mass is 277 g/mol. The summed E-state index contributed by atoms with van der Waals surface area (Å²) >= 11 is 0. The standard InChI is InChI=1S/C12H14F3NO3/c1-18-5-6-19-8-9-3-2-4-10(7-9)16-11(17)12(13,14)15/h2-4,7H,5-6,8H2,1H3,(H,16,17). The summed E-state index contributed by atoms with van der Waals surface area (Å²) < 4.78 is 46.2. The third-order valence-corrected chi connectivity index (χ3v) is 2.14. The molecule has 0 bridgehead atoms. The first-order chi connectivity index (χ1) is 8.93. The van der Waals surface area contributed by atoms with Crippen LogP contribution in [0.5, 0.6) is 0 Å². The predicted molar refractivity (Wildman–Crippen MR) is 62.7 cm³/mol. The zero-order valence-corrected chi connectivity index (χ0v) is 10.3. The summed E-state index contributed by atoms with van der Waals surface area (Å²) in [6.07, 6.45) is -4.90. The number of hydrogen-bond acceptors (Lipinski definition) is 3. The van der Waals surface area contributed by atoms with Crippen LogP contribution < -0.4 is 5.32 Å². The summed E-state index contributed by atoms with van der Waals surface area (Å²) in [6.45, 7) is 1.05. The van der Waals surface area contributed by atoms with Crippen LogP contribution in [0.2, 0.25) is 0 Å². The summed E-state index contributed by atoms with van der Waals surface area (Å²) in [5.41, 5.74) is 0.742. The van der Waals surface area contributed by atoms with E-state index in [9.17, 15) is 18.0 Å². The van der Waals surface area contributed by atoms with E-state index in [1.807, 2.05) is 0 Å². The molecule has 0 unspecified atom stereocenters. The normalized spacial score (nSPS) is 11.4. The molecule has 1 amide bonds. The number of carbonyl (C=O) groups excluding carboxylic acids is 1. The van der Waals surface area contributed by atoms with E-state index < -0.39 is 12.1 Å². The molecule has 0 fully saturated rings. The Morgan fingerprint density at radius 2 is 2.05 bits per heavy atom. The van der Waals surface area contributed by atoms with Gasteiger partial charge < -0.3 is 14.8 Å². The predicted octanol–water partition coefficient (Wildman–Crippen LogP) is 2.35. The number of methoxy groups -OCH3 is 1. The van der Waals surface area contributed by atoms with Crippen molar-refractivity contribution in [2.75, 3.05) is 25.6 Å². The Bertz CT molecular complexity index is 421. The van der Waals surface area contributed by atoms with Crippen molar-refractivity contribution in [1.82, 2.24) is 0 Å². The number of alkyl halides is 3. The van der Waals surface area contributed by atoms with Crippen LogP contribution in [-0.4, -0.2) is 32.4 Å². The zero-order chi connectivity index (χ0) is 14.3. The van der Waals surface area contributed by atoms with Gasteiger partial charge in [0.1, 0.15) is 0 Å². The van der Waals surface area contributed by atoms with Crippen LogP contribution in [0, 0.1) is 0 Å². The first-order valence-electron chi connectivity index (χ1n) is 5.47. The topological polar surface area (TPSA) is 47.6 Å². The Morgan fingerprint density at radius 3 is 2.68 bits per heavy atom. The highest BCUT2D eigenvalue weighted by atomic mass is 19.4. The Morgan fingerprint density at radius 1 is 1.32 bits per heavy atom. The van der Waals surface area contributed by atoms with Crippen molar-refractivity contribution in [3.63, 3.8) is 0 Å². The van der Waals surface area contributed by atoms with E-state index in [2.05, 4.69) is 0 Å². The summed E-state index contributed by atoms with van der Waals surface area (Å²) in [5.74, 6) is -2.00. The van der Waals surface area contributed by atoms with Gasteiger partial charge in [0.05, 0.1) is 19.8 Å². The second kappa shape index (κ2) is 7.10. The Kier molecular flexibility index (Phi) is 5.78. The lowest BCUT2D eigenvalue weighted by Gasteiger charge is -2.09. The van der Waals surface area contributed by atoms with E-state index in [1.54, 1.807) is 17.4 Å². The van der Waals surface area contributed by atoms with Crippen LogP contribution in [-0.2, 0) is 20.9 Å². The Balaban J connectivity index is 2.55.